The van der Waals surface area contributed by atoms with Gasteiger partial charge < -0.3 is 23.5 Å². The predicted molar refractivity (Wildman–Crippen MR) is 131 cm³/mol. The van der Waals surface area contributed by atoms with Crippen molar-refractivity contribution in [1.82, 2.24) is 0 Å². The van der Waals surface area contributed by atoms with Gasteiger partial charge in [0.15, 0.2) is 11.3 Å². The van der Waals surface area contributed by atoms with E-state index in [1.165, 1.54) is 16.0 Å². The highest BCUT2D eigenvalue weighted by Crippen LogP contribution is 2.56. The summed E-state index contributed by atoms with van der Waals surface area (Å²) in [6.45, 7) is 4.13. The first kappa shape index (κ1) is 21.8. The molecular weight excluding hydrogens is 450 g/mol. The highest BCUT2D eigenvalue weighted by molar-refractivity contribution is 7.99. The van der Waals surface area contributed by atoms with E-state index in [2.05, 4.69) is 35.2 Å². The average molecular weight is 478 g/mol. The van der Waals surface area contributed by atoms with E-state index in [1.54, 1.807) is 31.0 Å². The summed E-state index contributed by atoms with van der Waals surface area (Å²) in [7, 11) is 1.71. The van der Waals surface area contributed by atoms with Crippen molar-refractivity contribution in [3.63, 3.8) is 0 Å². The van der Waals surface area contributed by atoms with Gasteiger partial charge in [0.1, 0.15) is 11.5 Å². The van der Waals surface area contributed by atoms with E-state index in [1.807, 2.05) is 6.07 Å². The Morgan fingerprint density at radius 3 is 2.53 bits per heavy atom. The molecule has 0 N–H and O–H groups in total. The predicted octanol–water partition coefficient (Wildman–Crippen LogP) is 4.71. The molecule has 0 unspecified atom stereocenters. The van der Waals surface area contributed by atoms with Crippen molar-refractivity contribution in [3.8, 4) is 17.1 Å². The van der Waals surface area contributed by atoms with E-state index < -0.39 is 0 Å². The second kappa shape index (κ2) is 8.80. The van der Waals surface area contributed by atoms with E-state index in [0.29, 0.717) is 51.2 Å². The van der Waals surface area contributed by atoms with Gasteiger partial charge in [0, 0.05) is 59.2 Å². The fourth-order valence-corrected chi connectivity index (χ4v) is 6.74. The standard InChI is InChI=1S/C27H27NO5S/c1-30-19-5-6-24-22(17-19)27(7-11-31-12-8-27)21-4-2-3-20(26(21)34-24)23-15-18(29)16-25(33-23)28-9-13-32-14-10-28/h2-6,15-17H,7-14H2,1H3. The number of morpholine rings is 1. The summed E-state index contributed by atoms with van der Waals surface area (Å²) in [4.78, 5) is 17.2. The Morgan fingerprint density at radius 1 is 0.941 bits per heavy atom. The summed E-state index contributed by atoms with van der Waals surface area (Å²) >= 11 is 1.75. The number of hydrogen-bond acceptors (Lipinski definition) is 7. The second-order valence-electron chi connectivity index (χ2n) is 8.94. The van der Waals surface area contributed by atoms with Crippen LogP contribution in [-0.4, -0.2) is 46.6 Å². The highest BCUT2D eigenvalue weighted by Gasteiger charge is 2.43. The smallest absolute Gasteiger partial charge is 0.200 e. The van der Waals surface area contributed by atoms with Crippen molar-refractivity contribution >= 4 is 17.6 Å². The SMILES string of the molecule is COc1ccc2c(c1)C1(CCOCC1)c1cccc(-c3cc(=O)cc(N4CCOCC4)o3)c1S2. The molecule has 3 aromatic rings. The summed E-state index contributed by atoms with van der Waals surface area (Å²) < 4.78 is 23.2. The van der Waals surface area contributed by atoms with Gasteiger partial charge >= 0.3 is 0 Å². The molecule has 4 heterocycles. The highest BCUT2D eigenvalue weighted by atomic mass is 32.2. The lowest BCUT2D eigenvalue weighted by atomic mass is 9.68. The fourth-order valence-electron chi connectivity index (χ4n) is 5.37. The molecule has 0 radical (unpaired) electrons. The average Bonchev–Trinajstić information content (AvgIpc) is 2.89. The van der Waals surface area contributed by atoms with Crippen LogP contribution in [0.15, 0.2) is 67.5 Å². The van der Waals surface area contributed by atoms with Gasteiger partial charge in [-0.2, -0.15) is 0 Å². The van der Waals surface area contributed by atoms with Crippen LogP contribution in [0.2, 0.25) is 0 Å². The maximum atomic E-state index is 12.7. The number of nitrogens with zero attached hydrogens (tertiary/aromatic N) is 1. The first-order chi connectivity index (χ1) is 16.7. The van der Waals surface area contributed by atoms with Gasteiger partial charge in [-0.05, 0) is 42.2 Å². The monoisotopic (exact) mass is 477 g/mol. The molecule has 3 aliphatic heterocycles. The van der Waals surface area contributed by atoms with E-state index >= 15 is 0 Å². The minimum atomic E-state index is -0.152. The first-order valence-electron chi connectivity index (χ1n) is 11.7. The molecule has 0 aliphatic carbocycles. The third-order valence-electron chi connectivity index (χ3n) is 7.13. The van der Waals surface area contributed by atoms with Crippen LogP contribution in [0.3, 0.4) is 0 Å². The number of hydrogen-bond donors (Lipinski definition) is 0. The Bertz CT molecular complexity index is 1270. The fraction of sp³-hybridized carbons (Fsp3) is 0.370. The Labute approximate surface area is 202 Å². The van der Waals surface area contributed by atoms with Crippen LogP contribution in [0.5, 0.6) is 5.75 Å². The molecular formula is C27H27NO5S. The summed E-state index contributed by atoms with van der Waals surface area (Å²) in [6.07, 6.45) is 1.81. The van der Waals surface area contributed by atoms with Gasteiger partial charge in [-0.15, -0.1) is 0 Å². The van der Waals surface area contributed by atoms with Crippen LogP contribution in [0.4, 0.5) is 5.88 Å². The number of fused-ring (bicyclic) bond motifs is 4. The summed E-state index contributed by atoms with van der Waals surface area (Å²) in [6, 6.07) is 15.9. The van der Waals surface area contributed by atoms with E-state index in [-0.39, 0.29) is 10.8 Å². The molecule has 1 aromatic heterocycles. The molecule has 6 nitrogen and oxygen atoms in total. The molecule has 1 spiro atoms. The Balaban J connectivity index is 1.51. The minimum Gasteiger partial charge on any atom is -0.497 e. The van der Waals surface area contributed by atoms with Gasteiger partial charge in [0.2, 0.25) is 0 Å². The van der Waals surface area contributed by atoms with Crippen LogP contribution >= 0.6 is 11.8 Å². The molecule has 0 amide bonds. The molecule has 2 saturated heterocycles. The van der Waals surface area contributed by atoms with Gasteiger partial charge in [-0.3, -0.25) is 4.79 Å². The molecule has 2 aromatic carbocycles. The largest absolute Gasteiger partial charge is 0.497 e. The molecule has 2 fully saturated rings. The van der Waals surface area contributed by atoms with E-state index in [9.17, 15) is 4.79 Å². The normalized spacial score (nSPS) is 18.9. The molecule has 176 valence electrons. The zero-order valence-electron chi connectivity index (χ0n) is 19.2. The van der Waals surface area contributed by atoms with Crippen LogP contribution in [-0.2, 0) is 14.9 Å². The second-order valence-corrected chi connectivity index (χ2v) is 9.99. The number of ether oxygens (including phenoxy) is 3. The molecule has 3 aliphatic rings. The van der Waals surface area contributed by atoms with Crippen molar-refractivity contribution in [2.45, 2.75) is 28.0 Å². The third-order valence-corrected chi connectivity index (χ3v) is 8.35. The van der Waals surface area contributed by atoms with Crippen LogP contribution in [0.25, 0.3) is 11.3 Å². The number of benzene rings is 2. The molecule has 34 heavy (non-hydrogen) atoms. The van der Waals surface area contributed by atoms with E-state index in [4.69, 9.17) is 18.6 Å². The number of rotatable bonds is 3. The zero-order chi connectivity index (χ0) is 23.1. The van der Waals surface area contributed by atoms with Crippen molar-refractivity contribution < 1.29 is 18.6 Å². The molecule has 7 heteroatoms. The maximum Gasteiger partial charge on any atom is 0.200 e. The van der Waals surface area contributed by atoms with Gasteiger partial charge in [0.05, 0.1) is 20.3 Å². The third kappa shape index (κ3) is 3.63. The maximum absolute atomic E-state index is 12.7. The first-order valence-corrected chi connectivity index (χ1v) is 12.6. The Morgan fingerprint density at radius 2 is 1.74 bits per heavy atom. The van der Waals surface area contributed by atoms with Crippen molar-refractivity contribution in [2.24, 2.45) is 0 Å². The van der Waals surface area contributed by atoms with E-state index in [0.717, 1.165) is 29.1 Å². The van der Waals surface area contributed by atoms with Crippen LogP contribution in [0.1, 0.15) is 24.0 Å². The Kier molecular flexibility index (Phi) is 5.63. The summed E-state index contributed by atoms with van der Waals surface area (Å²) in [5.74, 6) is 2.08. The molecule has 0 bridgehead atoms. The topological polar surface area (TPSA) is 61.1 Å². The molecule has 0 atom stereocenters. The van der Waals surface area contributed by atoms with Crippen molar-refractivity contribution in [3.05, 3.63) is 69.9 Å². The van der Waals surface area contributed by atoms with Crippen molar-refractivity contribution in [1.29, 1.82) is 0 Å². The van der Waals surface area contributed by atoms with Gasteiger partial charge in [0.25, 0.3) is 0 Å². The van der Waals surface area contributed by atoms with Crippen molar-refractivity contribution in [2.75, 3.05) is 51.5 Å². The number of anilines is 1. The lowest BCUT2D eigenvalue weighted by Gasteiger charge is -2.43. The zero-order valence-corrected chi connectivity index (χ0v) is 20.0. The van der Waals surface area contributed by atoms with Crippen LogP contribution in [0, 0.1) is 0 Å². The van der Waals surface area contributed by atoms with Crippen LogP contribution < -0.4 is 15.1 Å². The summed E-state index contributed by atoms with van der Waals surface area (Å²) in [5.41, 5.74) is 3.34. The molecule has 0 saturated carbocycles. The number of methoxy groups -OCH3 is 1. The summed E-state index contributed by atoms with van der Waals surface area (Å²) in [5, 5.41) is 0. The quantitative estimate of drug-likeness (QED) is 0.541. The van der Waals surface area contributed by atoms with Gasteiger partial charge in [-0.25, -0.2) is 0 Å². The van der Waals surface area contributed by atoms with Gasteiger partial charge in [-0.1, -0.05) is 30.0 Å². The minimum absolute atomic E-state index is 0.0490. The Hall–Kier alpha value is -2.74. The lowest BCUT2D eigenvalue weighted by molar-refractivity contribution is 0.0612. The lowest BCUT2D eigenvalue weighted by Crippen LogP contribution is -2.37. The molecule has 6 rings (SSSR count).